The minimum absolute atomic E-state index is 0.228. The molecule has 0 radical (unpaired) electrons. The quantitative estimate of drug-likeness (QED) is 0.662. The second kappa shape index (κ2) is 5.16. The Morgan fingerprint density at radius 1 is 1.27 bits per heavy atom. The van der Waals surface area contributed by atoms with E-state index in [-0.39, 0.29) is 11.7 Å². The fourth-order valence-electron chi connectivity index (χ4n) is 3.33. The van der Waals surface area contributed by atoms with E-state index in [0.29, 0.717) is 6.42 Å². The first kappa shape index (κ1) is 14.6. The molecular formula is C19H22N2O. The highest BCUT2D eigenvalue weighted by molar-refractivity contribution is 6.03. The van der Waals surface area contributed by atoms with Crippen LogP contribution in [-0.4, -0.2) is 10.4 Å². The first-order valence-corrected chi connectivity index (χ1v) is 7.64. The maximum Gasteiger partial charge on any atom is 0.160 e. The van der Waals surface area contributed by atoms with Gasteiger partial charge in [0.25, 0.3) is 0 Å². The van der Waals surface area contributed by atoms with Crippen LogP contribution in [0.25, 0.3) is 16.6 Å². The third-order valence-electron chi connectivity index (χ3n) is 4.70. The van der Waals surface area contributed by atoms with Gasteiger partial charge >= 0.3 is 0 Å². The lowest BCUT2D eigenvalue weighted by molar-refractivity contribution is -0.116. The van der Waals surface area contributed by atoms with Crippen LogP contribution in [0.1, 0.15) is 32.4 Å². The Kier molecular flexibility index (Phi) is 3.44. The molecule has 0 fully saturated rings. The first-order valence-electron chi connectivity index (χ1n) is 7.64. The molecule has 0 saturated carbocycles. The third kappa shape index (κ3) is 2.27. The number of benzene rings is 1. The molecule has 22 heavy (non-hydrogen) atoms. The van der Waals surface area contributed by atoms with Crippen LogP contribution < -0.4 is 5.73 Å². The highest BCUT2D eigenvalue weighted by Crippen LogP contribution is 2.37. The second-order valence-electron chi connectivity index (χ2n) is 6.39. The van der Waals surface area contributed by atoms with Crippen LogP contribution in [0.3, 0.4) is 0 Å². The number of allylic oxidation sites excluding steroid dienone is 3. The number of hydrogen-bond acceptors (Lipinski definition) is 2. The molecule has 0 saturated heterocycles. The molecule has 0 spiro atoms. The number of fused-ring (bicyclic) bond motifs is 1. The Labute approximate surface area is 131 Å². The Morgan fingerprint density at radius 3 is 2.68 bits per heavy atom. The van der Waals surface area contributed by atoms with Crippen LogP contribution in [0.5, 0.6) is 0 Å². The molecule has 0 aliphatic heterocycles. The van der Waals surface area contributed by atoms with Crippen molar-refractivity contribution in [2.24, 2.45) is 5.92 Å². The normalized spacial score (nSPS) is 19.0. The van der Waals surface area contributed by atoms with E-state index >= 15 is 0 Å². The highest BCUT2D eigenvalue weighted by Gasteiger charge is 2.27. The molecule has 0 bridgehead atoms. The van der Waals surface area contributed by atoms with Crippen molar-refractivity contribution in [3.63, 3.8) is 0 Å². The largest absolute Gasteiger partial charge is 0.399 e. The van der Waals surface area contributed by atoms with Crippen molar-refractivity contribution in [2.45, 2.75) is 33.6 Å². The summed E-state index contributed by atoms with van der Waals surface area (Å²) in [6, 6.07) is 8.05. The van der Waals surface area contributed by atoms with E-state index in [2.05, 4.69) is 24.1 Å². The van der Waals surface area contributed by atoms with Crippen LogP contribution in [0.4, 0.5) is 5.69 Å². The van der Waals surface area contributed by atoms with E-state index in [4.69, 9.17) is 5.73 Å². The summed E-state index contributed by atoms with van der Waals surface area (Å²) >= 11 is 0. The molecule has 1 aromatic carbocycles. The number of aryl methyl sites for hydroxylation is 1. The van der Waals surface area contributed by atoms with Gasteiger partial charge in [0, 0.05) is 34.5 Å². The summed E-state index contributed by atoms with van der Waals surface area (Å²) in [5, 5.41) is 1.11. The number of nitrogen functional groups attached to an aromatic ring is 1. The van der Waals surface area contributed by atoms with Crippen LogP contribution >= 0.6 is 0 Å². The summed E-state index contributed by atoms with van der Waals surface area (Å²) < 4.78 is 2.21. The van der Waals surface area contributed by atoms with Gasteiger partial charge in [-0.1, -0.05) is 12.2 Å². The molecule has 2 aromatic rings. The molecule has 3 nitrogen and oxygen atoms in total. The van der Waals surface area contributed by atoms with Gasteiger partial charge in [0.15, 0.2) is 5.78 Å². The average molecular weight is 294 g/mol. The number of anilines is 1. The number of carbonyl (C=O) groups is 1. The zero-order valence-electron chi connectivity index (χ0n) is 13.4. The summed E-state index contributed by atoms with van der Waals surface area (Å²) in [7, 11) is 0. The van der Waals surface area contributed by atoms with Crippen LogP contribution in [0.15, 0.2) is 42.0 Å². The minimum atomic E-state index is 0.228. The number of aromatic nitrogens is 1. The fourth-order valence-corrected chi connectivity index (χ4v) is 3.33. The van der Waals surface area contributed by atoms with Gasteiger partial charge in [-0.25, -0.2) is 0 Å². The van der Waals surface area contributed by atoms with Crippen molar-refractivity contribution in [3.8, 4) is 0 Å². The van der Waals surface area contributed by atoms with Gasteiger partial charge in [0.05, 0.1) is 5.52 Å². The summed E-state index contributed by atoms with van der Waals surface area (Å²) in [5.74, 6) is 0.461. The molecule has 0 amide bonds. The zero-order chi connectivity index (χ0) is 16.0. The number of carbonyl (C=O) groups excluding carboxylic acids is 1. The van der Waals surface area contributed by atoms with Crippen LogP contribution in [-0.2, 0) is 4.79 Å². The molecule has 3 rings (SSSR count). The molecule has 1 aromatic heterocycles. The van der Waals surface area contributed by atoms with Crippen molar-refractivity contribution in [2.75, 3.05) is 5.73 Å². The van der Waals surface area contributed by atoms with Gasteiger partial charge in [-0.2, -0.15) is 0 Å². The topological polar surface area (TPSA) is 48.0 Å². The zero-order valence-corrected chi connectivity index (χ0v) is 13.4. The Hall–Kier alpha value is -2.29. The smallest absolute Gasteiger partial charge is 0.160 e. The molecule has 3 heteroatoms. The maximum atomic E-state index is 12.4. The lowest BCUT2D eigenvalue weighted by atomic mass is 9.83. The van der Waals surface area contributed by atoms with Gasteiger partial charge < -0.3 is 10.3 Å². The molecule has 114 valence electrons. The van der Waals surface area contributed by atoms with E-state index in [0.717, 1.165) is 45.5 Å². The number of nitrogens with two attached hydrogens (primary N) is 1. The van der Waals surface area contributed by atoms with Crippen LogP contribution in [0, 0.1) is 12.8 Å². The van der Waals surface area contributed by atoms with Crippen molar-refractivity contribution in [3.05, 3.63) is 47.7 Å². The minimum Gasteiger partial charge on any atom is -0.399 e. The van der Waals surface area contributed by atoms with Gasteiger partial charge in [-0.3, -0.25) is 4.79 Å². The van der Waals surface area contributed by atoms with Gasteiger partial charge in [-0.05, 0) is 57.4 Å². The molecule has 1 aliphatic rings. The predicted molar refractivity (Wildman–Crippen MR) is 92.5 cm³/mol. The molecule has 1 unspecified atom stereocenters. The van der Waals surface area contributed by atoms with E-state index in [1.54, 1.807) is 0 Å². The van der Waals surface area contributed by atoms with E-state index in [9.17, 15) is 4.79 Å². The molecular weight excluding hydrogens is 272 g/mol. The van der Waals surface area contributed by atoms with Gasteiger partial charge in [-0.15, -0.1) is 0 Å². The molecule has 1 atom stereocenters. The molecule has 1 heterocycles. The van der Waals surface area contributed by atoms with Crippen LogP contribution in [0.2, 0.25) is 0 Å². The lowest BCUT2D eigenvalue weighted by Gasteiger charge is -2.27. The Balaban J connectivity index is 2.21. The third-order valence-corrected chi connectivity index (χ3v) is 4.70. The average Bonchev–Trinajstić information content (AvgIpc) is 2.76. The van der Waals surface area contributed by atoms with Crippen molar-refractivity contribution in [1.29, 1.82) is 0 Å². The number of nitrogens with zero attached hydrogens (tertiary/aromatic N) is 1. The second-order valence-corrected chi connectivity index (χ2v) is 6.39. The van der Waals surface area contributed by atoms with Gasteiger partial charge in [0.2, 0.25) is 0 Å². The predicted octanol–water partition coefficient (Wildman–Crippen LogP) is 4.32. The van der Waals surface area contributed by atoms with Crippen molar-refractivity contribution in [1.82, 2.24) is 4.57 Å². The van der Waals surface area contributed by atoms with E-state index < -0.39 is 0 Å². The molecule has 2 N–H and O–H groups in total. The monoisotopic (exact) mass is 294 g/mol. The Bertz CT molecular complexity index is 823. The van der Waals surface area contributed by atoms with E-state index in [1.807, 2.05) is 32.0 Å². The summed E-state index contributed by atoms with van der Waals surface area (Å²) in [5.41, 5.74) is 11.9. The molecule has 1 aliphatic carbocycles. The first-order chi connectivity index (χ1) is 10.4. The maximum absolute atomic E-state index is 12.4. The number of ketones is 1. The lowest BCUT2D eigenvalue weighted by Crippen LogP contribution is -2.21. The highest BCUT2D eigenvalue weighted by atomic mass is 16.1. The standard InChI is InChI=1S/C19H22N2O/c1-11(2)14-9-18(13(4)19(22)10-14)21-12(3)7-15-8-16(20)5-6-17(15)21/h5-8,14H,1,9-10,20H2,2-4H3. The number of hydrogen-bond donors (Lipinski definition) is 1. The van der Waals surface area contributed by atoms with Crippen molar-refractivity contribution >= 4 is 28.1 Å². The van der Waals surface area contributed by atoms with E-state index in [1.165, 1.54) is 0 Å². The number of Topliss-reactive ketones (excluding diaryl/α,β-unsaturated/α-hetero) is 1. The fraction of sp³-hybridized carbons (Fsp3) is 0.316. The number of rotatable bonds is 2. The van der Waals surface area contributed by atoms with Crippen molar-refractivity contribution < 1.29 is 4.79 Å². The summed E-state index contributed by atoms with van der Waals surface area (Å²) in [6.07, 6.45) is 1.44. The van der Waals surface area contributed by atoms with Gasteiger partial charge in [0.1, 0.15) is 0 Å². The SMILES string of the molecule is C=C(C)C1CC(=O)C(C)=C(n2c(C)cc3cc(N)ccc32)C1. The Morgan fingerprint density at radius 2 is 2.00 bits per heavy atom. The summed E-state index contributed by atoms with van der Waals surface area (Å²) in [4.78, 5) is 12.4. The summed E-state index contributed by atoms with van der Waals surface area (Å²) in [6.45, 7) is 10.1.